The van der Waals surface area contributed by atoms with Crippen molar-refractivity contribution >= 4 is 62.1 Å². The standard InChI is InChI=1S/C12H6BrCl3N2O3/c13-6-3-5(14)4-9(10(6)16)21-12-7(15)1-2-8(17)11(12)18(19)20/h1-4H,17H2. The second-order valence-corrected chi connectivity index (χ2v) is 5.95. The Morgan fingerprint density at radius 2 is 1.90 bits per heavy atom. The fraction of sp³-hybridized carbons (Fsp3) is 0. The number of hydrogen-bond donors (Lipinski definition) is 1. The van der Waals surface area contributed by atoms with Crippen molar-refractivity contribution in [1.82, 2.24) is 0 Å². The molecule has 0 aromatic heterocycles. The van der Waals surface area contributed by atoms with Gasteiger partial charge in [0.25, 0.3) is 0 Å². The lowest BCUT2D eigenvalue weighted by atomic mass is 10.2. The van der Waals surface area contributed by atoms with Crippen LogP contribution in [0.25, 0.3) is 0 Å². The van der Waals surface area contributed by atoms with Crippen molar-refractivity contribution < 1.29 is 9.66 Å². The van der Waals surface area contributed by atoms with E-state index in [0.717, 1.165) is 0 Å². The second-order valence-electron chi connectivity index (χ2n) is 3.87. The van der Waals surface area contributed by atoms with Crippen molar-refractivity contribution in [2.75, 3.05) is 5.73 Å². The highest BCUT2D eigenvalue weighted by molar-refractivity contribution is 9.10. The third kappa shape index (κ3) is 3.35. The second kappa shape index (κ2) is 6.27. The van der Waals surface area contributed by atoms with Gasteiger partial charge in [0.05, 0.1) is 15.0 Å². The number of halogens is 4. The summed E-state index contributed by atoms with van der Waals surface area (Å²) >= 11 is 21.1. The smallest absolute Gasteiger partial charge is 0.335 e. The highest BCUT2D eigenvalue weighted by Crippen LogP contribution is 2.45. The normalized spacial score (nSPS) is 10.5. The number of anilines is 1. The molecule has 0 aliphatic rings. The average molecular weight is 412 g/mol. The molecule has 0 unspecified atom stereocenters. The van der Waals surface area contributed by atoms with E-state index in [2.05, 4.69) is 15.9 Å². The molecule has 0 bridgehead atoms. The molecule has 0 saturated carbocycles. The predicted molar refractivity (Wildman–Crippen MR) is 86.8 cm³/mol. The Labute approximate surface area is 142 Å². The van der Waals surface area contributed by atoms with Gasteiger partial charge in [-0.1, -0.05) is 34.8 Å². The first-order valence-corrected chi connectivity index (χ1v) is 7.28. The van der Waals surface area contributed by atoms with Gasteiger partial charge in [0.15, 0.2) is 0 Å². The minimum absolute atomic E-state index is 0.0306. The van der Waals surface area contributed by atoms with E-state index in [1.807, 2.05) is 0 Å². The summed E-state index contributed by atoms with van der Waals surface area (Å²) in [5, 5.41) is 11.7. The number of hydrogen-bond acceptors (Lipinski definition) is 4. The monoisotopic (exact) mass is 410 g/mol. The summed E-state index contributed by atoms with van der Waals surface area (Å²) in [6, 6.07) is 5.69. The van der Waals surface area contributed by atoms with Crippen molar-refractivity contribution in [3.05, 3.63) is 53.9 Å². The van der Waals surface area contributed by atoms with Crippen molar-refractivity contribution in [3.63, 3.8) is 0 Å². The molecule has 0 aliphatic carbocycles. The molecule has 2 N–H and O–H groups in total. The SMILES string of the molecule is Nc1ccc(Cl)c(Oc2cc(Cl)cc(Br)c2Cl)c1[N+](=O)[O-]. The summed E-state index contributed by atoms with van der Waals surface area (Å²) in [4.78, 5) is 10.4. The first-order valence-electron chi connectivity index (χ1n) is 5.36. The molecule has 0 amide bonds. The van der Waals surface area contributed by atoms with Crippen LogP contribution < -0.4 is 10.5 Å². The van der Waals surface area contributed by atoms with Gasteiger partial charge in [0.1, 0.15) is 11.4 Å². The van der Waals surface area contributed by atoms with E-state index in [9.17, 15) is 10.1 Å². The van der Waals surface area contributed by atoms with Crippen LogP contribution in [0.3, 0.4) is 0 Å². The van der Waals surface area contributed by atoms with Crippen LogP contribution in [-0.4, -0.2) is 4.92 Å². The van der Waals surface area contributed by atoms with Gasteiger partial charge in [-0.2, -0.15) is 0 Å². The summed E-state index contributed by atoms with van der Waals surface area (Å²) in [5.41, 5.74) is 5.09. The van der Waals surface area contributed by atoms with E-state index in [-0.39, 0.29) is 27.2 Å². The molecule has 2 rings (SSSR count). The average Bonchev–Trinajstić information content (AvgIpc) is 2.39. The Bertz CT molecular complexity index is 740. The predicted octanol–water partition coefficient (Wildman–Crippen LogP) is 5.69. The molecule has 2 aromatic rings. The molecular weight excluding hydrogens is 406 g/mol. The lowest BCUT2D eigenvalue weighted by molar-refractivity contribution is -0.384. The van der Waals surface area contributed by atoms with E-state index in [1.54, 1.807) is 6.07 Å². The van der Waals surface area contributed by atoms with Crippen LogP contribution >= 0.6 is 50.7 Å². The van der Waals surface area contributed by atoms with E-state index in [4.69, 9.17) is 45.3 Å². The highest BCUT2D eigenvalue weighted by atomic mass is 79.9. The van der Waals surface area contributed by atoms with Crippen molar-refractivity contribution in [2.45, 2.75) is 0 Å². The number of nitro groups is 1. The molecule has 0 fully saturated rings. The zero-order valence-electron chi connectivity index (χ0n) is 10.1. The van der Waals surface area contributed by atoms with E-state index < -0.39 is 10.6 Å². The number of rotatable bonds is 3. The third-order valence-electron chi connectivity index (χ3n) is 2.47. The fourth-order valence-corrected chi connectivity index (χ4v) is 2.68. The van der Waals surface area contributed by atoms with Gasteiger partial charge in [0.2, 0.25) is 5.75 Å². The minimum atomic E-state index is -0.677. The van der Waals surface area contributed by atoms with E-state index in [1.165, 1.54) is 18.2 Å². The lowest BCUT2D eigenvalue weighted by Gasteiger charge is -2.12. The van der Waals surface area contributed by atoms with Gasteiger partial charge in [0, 0.05) is 15.6 Å². The Morgan fingerprint density at radius 1 is 1.24 bits per heavy atom. The summed E-state index contributed by atoms with van der Waals surface area (Å²) in [6.07, 6.45) is 0. The van der Waals surface area contributed by atoms with Gasteiger partial charge in [-0.05, 0) is 34.1 Å². The molecular formula is C12H6BrCl3N2O3. The number of nitro benzene ring substituents is 1. The zero-order valence-corrected chi connectivity index (χ0v) is 13.9. The number of nitrogen functional groups attached to an aromatic ring is 1. The fourth-order valence-electron chi connectivity index (χ4n) is 1.56. The van der Waals surface area contributed by atoms with Crippen LogP contribution in [0.1, 0.15) is 0 Å². The van der Waals surface area contributed by atoms with Crippen LogP contribution in [0.5, 0.6) is 11.5 Å². The number of nitrogens with zero attached hydrogens (tertiary/aromatic N) is 1. The first kappa shape index (κ1) is 16.2. The van der Waals surface area contributed by atoms with E-state index in [0.29, 0.717) is 9.50 Å². The molecule has 0 spiro atoms. The molecule has 5 nitrogen and oxygen atoms in total. The summed E-state index contributed by atoms with van der Waals surface area (Å²) < 4.78 is 5.96. The van der Waals surface area contributed by atoms with Crippen LogP contribution in [0, 0.1) is 10.1 Å². The number of ether oxygens (including phenoxy) is 1. The van der Waals surface area contributed by atoms with Gasteiger partial charge < -0.3 is 10.5 Å². The van der Waals surface area contributed by atoms with Crippen LogP contribution in [-0.2, 0) is 0 Å². The molecule has 0 aliphatic heterocycles. The van der Waals surface area contributed by atoms with Gasteiger partial charge >= 0.3 is 5.69 Å². The largest absolute Gasteiger partial charge is 0.447 e. The maximum absolute atomic E-state index is 11.1. The van der Waals surface area contributed by atoms with Crippen molar-refractivity contribution in [2.24, 2.45) is 0 Å². The number of nitrogens with two attached hydrogens (primary N) is 1. The Balaban J connectivity index is 2.60. The van der Waals surface area contributed by atoms with Crippen molar-refractivity contribution in [3.8, 4) is 11.5 Å². The quantitative estimate of drug-likeness (QED) is 0.304. The Morgan fingerprint density at radius 3 is 2.52 bits per heavy atom. The molecule has 2 aromatic carbocycles. The van der Waals surface area contributed by atoms with Crippen LogP contribution in [0.2, 0.25) is 15.1 Å². The topological polar surface area (TPSA) is 78.4 Å². The maximum atomic E-state index is 11.1. The number of benzene rings is 2. The maximum Gasteiger partial charge on any atom is 0.335 e. The molecule has 9 heteroatoms. The lowest BCUT2D eigenvalue weighted by Crippen LogP contribution is -1.99. The molecule has 0 saturated heterocycles. The summed E-state index contributed by atoms with van der Waals surface area (Å²) in [7, 11) is 0. The molecule has 0 radical (unpaired) electrons. The molecule has 0 atom stereocenters. The minimum Gasteiger partial charge on any atom is -0.447 e. The van der Waals surface area contributed by atoms with Gasteiger partial charge in [-0.15, -0.1) is 0 Å². The molecule has 0 heterocycles. The van der Waals surface area contributed by atoms with Crippen molar-refractivity contribution in [1.29, 1.82) is 0 Å². The van der Waals surface area contributed by atoms with Gasteiger partial charge in [-0.3, -0.25) is 10.1 Å². The summed E-state index contributed by atoms with van der Waals surface area (Å²) in [5.74, 6) is -0.0793. The first-order chi connectivity index (χ1) is 9.81. The van der Waals surface area contributed by atoms with Crippen LogP contribution in [0.4, 0.5) is 11.4 Å². The highest BCUT2D eigenvalue weighted by Gasteiger charge is 2.24. The van der Waals surface area contributed by atoms with E-state index >= 15 is 0 Å². The Kier molecular flexibility index (Phi) is 4.83. The zero-order chi connectivity index (χ0) is 15.7. The summed E-state index contributed by atoms with van der Waals surface area (Å²) in [6.45, 7) is 0. The molecule has 110 valence electrons. The Hall–Kier alpha value is -1.21. The third-order valence-corrected chi connectivity index (χ3v) is 4.23. The molecule has 21 heavy (non-hydrogen) atoms. The van der Waals surface area contributed by atoms with Crippen LogP contribution in [0.15, 0.2) is 28.7 Å². The van der Waals surface area contributed by atoms with Gasteiger partial charge in [-0.25, -0.2) is 0 Å².